The summed E-state index contributed by atoms with van der Waals surface area (Å²) in [4.78, 5) is 11.6. The van der Waals surface area contributed by atoms with E-state index in [-0.39, 0.29) is 16.9 Å². The van der Waals surface area contributed by atoms with Crippen molar-refractivity contribution in [2.24, 2.45) is 0 Å². The second kappa shape index (κ2) is 7.97. The number of hydrogen-bond acceptors (Lipinski definition) is 3. The van der Waals surface area contributed by atoms with Crippen molar-refractivity contribution in [2.75, 3.05) is 0 Å². The van der Waals surface area contributed by atoms with Crippen LogP contribution in [0.25, 0.3) is 0 Å². The van der Waals surface area contributed by atoms with Crippen LogP contribution in [-0.4, -0.2) is 15.1 Å². The molecule has 0 spiro atoms. The number of halogens is 2. The Bertz CT molecular complexity index is 651. The SMILES string of the molecule is CC(C)(Br)C(Br)C(=O)OCc1cccc(Oc2ccccc2)c1. The van der Waals surface area contributed by atoms with E-state index in [0.29, 0.717) is 5.75 Å². The molecular weight excluding hydrogens is 424 g/mol. The van der Waals surface area contributed by atoms with Crippen molar-refractivity contribution in [3.05, 3.63) is 60.2 Å². The van der Waals surface area contributed by atoms with Crippen molar-refractivity contribution in [1.82, 2.24) is 0 Å². The molecular formula is C18H18Br2O3. The van der Waals surface area contributed by atoms with Crippen molar-refractivity contribution in [2.45, 2.75) is 29.6 Å². The van der Waals surface area contributed by atoms with Gasteiger partial charge in [0.25, 0.3) is 0 Å². The van der Waals surface area contributed by atoms with E-state index in [2.05, 4.69) is 31.9 Å². The molecule has 0 aliphatic rings. The molecule has 2 aromatic rings. The van der Waals surface area contributed by atoms with Gasteiger partial charge in [-0.25, -0.2) is 0 Å². The first kappa shape index (κ1) is 18.0. The molecule has 0 aliphatic carbocycles. The van der Waals surface area contributed by atoms with Crippen LogP contribution < -0.4 is 4.74 Å². The number of para-hydroxylation sites is 1. The van der Waals surface area contributed by atoms with Crippen molar-refractivity contribution in [3.8, 4) is 11.5 Å². The van der Waals surface area contributed by atoms with Gasteiger partial charge in [0, 0.05) is 4.32 Å². The molecule has 2 rings (SSSR count). The van der Waals surface area contributed by atoms with E-state index in [1.807, 2.05) is 68.4 Å². The highest BCUT2D eigenvalue weighted by Crippen LogP contribution is 2.28. The summed E-state index contributed by atoms with van der Waals surface area (Å²) in [6.45, 7) is 4.01. The van der Waals surface area contributed by atoms with Gasteiger partial charge < -0.3 is 9.47 Å². The molecule has 0 fully saturated rings. The first-order valence-corrected chi connectivity index (χ1v) is 8.88. The molecule has 0 aromatic heterocycles. The number of ether oxygens (including phenoxy) is 2. The van der Waals surface area contributed by atoms with Gasteiger partial charge >= 0.3 is 5.97 Å². The van der Waals surface area contributed by atoms with Gasteiger partial charge in [-0.2, -0.15) is 0 Å². The van der Waals surface area contributed by atoms with Crippen molar-refractivity contribution >= 4 is 37.8 Å². The van der Waals surface area contributed by atoms with E-state index >= 15 is 0 Å². The maximum Gasteiger partial charge on any atom is 0.321 e. The molecule has 122 valence electrons. The smallest absolute Gasteiger partial charge is 0.321 e. The third-order valence-corrected chi connectivity index (χ3v) is 5.66. The van der Waals surface area contributed by atoms with Crippen molar-refractivity contribution in [3.63, 3.8) is 0 Å². The topological polar surface area (TPSA) is 35.5 Å². The highest BCUT2D eigenvalue weighted by Gasteiger charge is 2.31. The Morgan fingerprint density at radius 3 is 2.39 bits per heavy atom. The zero-order valence-electron chi connectivity index (χ0n) is 13.0. The van der Waals surface area contributed by atoms with Crippen LogP contribution in [0.5, 0.6) is 11.5 Å². The van der Waals surface area contributed by atoms with Gasteiger partial charge in [0.05, 0.1) is 0 Å². The lowest BCUT2D eigenvalue weighted by atomic mass is 10.1. The Kier molecular flexibility index (Phi) is 6.25. The van der Waals surface area contributed by atoms with Gasteiger partial charge in [0.1, 0.15) is 22.9 Å². The Morgan fingerprint density at radius 1 is 1.09 bits per heavy atom. The average Bonchev–Trinajstić information content (AvgIpc) is 2.52. The Morgan fingerprint density at radius 2 is 1.74 bits per heavy atom. The molecule has 0 bridgehead atoms. The van der Waals surface area contributed by atoms with E-state index in [9.17, 15) is 4.79 Å². The lowest BCUT2D eigenvalue weighted by Crippen LogP contribution is -2.33. The Balaban J connectivity index is 1.97. The predicted octanol–water partition coefficient (Wildman–Crippen LogP) is 5.46. The number of carbonyl (C=O) groups is 1. The van der Waals surface area contributed by atoms with Crippen LogP contribution in [-0.2, 0) is 16.1 Å². The molecule has 0 N–H and O–H groups in total. The molecule has 3 nitrogen and oxygen atoms in total. The number of rotatable bonds is 6. The van der Waals surface area contributed by atoms with Crippen LogP contribution in [0.1, 0.15) is 19.4 Å². The summed E-state index contributed by atoms with van der Waals surface area (Å²) in [5, 5.41) is 0. The van der Waals surface area contributed by atoms with Crippen LogP contribution in [0.3, 0.4) is 0 Å². The molecule has 5 heteroatoms. The lowest BCUT2D eigenvalue weighted by Gasteiger charge is -2.21. The average molecular weight is 442 g/mol. The molecule has 23 heavy (non-hydrogen) atoms. The maximum atomic E-state index is 12.0. The van der Waals surface area contributed by atoms with E-state index in [4.69, 9.17) is 9.47 Å². The Labute approximate surface area is 153 Å². The normalized spacial score (nSPS) is 12.5. The molecule has 0 amide bonds. The monoisotopic (exact) mass is 440 g/mol. The number of carbonyl (C=O) groups excluding carboxylic acids is 1. The molecule has 1 atom stereocenters. The highest BCUT2D eigenvalue weighted by atomic mass is 79.9. The van der Waals surface area contributed by atoms with Crippen LogP contribution in [0, 0.1) is 0 Å². The van der Waals surface area contributed by atoms with Crippen LogP contribution in [0.2, 0.25) is 0 Å². The van der Waals surface area contributed by atoms with Crippen LogP contribution in [0.15, 0.2) is 54.6 Å². The molecule has 0 aliphatic heterocycles. The first-order chi connectivity index (χ1) is 10.9. The zero-order chi connectivity index (χ0) is 16.9. The number of alkyl halides is 2. The molecule has 0 radical (unpaired) electrons. The van der Waals surface area contributed by atoms with Gasteiger partial charge in [-0.15, -0.1) is 0 Å². The summed E-state index contributed by atoms with van der Waals surface area (Å²) in [6, 6.07) is 17.1. The summed E-state index contributed by atoms with van der Waals surface area (Å²) in [7, 11) is 0. The van der Waals surface area contributed by atoms with E-state index in [0.717, 1.165) is 11.3 Å². The van der Waals surface area contributed by atoms with Crippen LogP contribution in [0.4, 0.5) is 0 Å². The lowest BCUT2D eigenvalue weighted by molar-refractivity contribution is -0.144. The minimum Gasteiger partial charge on any atom is -0.460 e. The molecule has 0 saturated carbocycles. The van der Waals surface area contributed by atoms with Gasteiger partial charge in [-0.1, -0.05) is 62.2 Å². The maximum absolute atomic E-state index is 12.0. The molecule has 2 aromatic carbocycles. The Hall–Kier alpha value is -1.33. The van der Waals surface area contributed by atoms with Gasteiger partial charge in [-0.3, -0.25) is 4.79 Å². The number of esters is 1. The van der Waals surface area contributed by atoms with Crippen molar-refractivity contribution in [1.29, 1.82) is 0 Å². The largest absolute Gasteiger partial charge is 0.460 e. The minimum atomic E-state index is -0.418. The van der Waals surface area contributed by atoms with Gasteiger partial charge in [-0.05, 0) is 43.7 Å². The van der Waals surface area contributed by atoms with E-state index in [1.165, 1.54) is 0 Å². The minimum absolute atomic E-state index is 0.204. The summed E-state index contributed by atoms with van der Waals surface area (Å²) in [5.41, 5.74) is 0.874. The molecule has 1 unspecified atom stereocenters. The molecule has 0 heterocycles. The third kappa shape index (κ3) is 5.66. The first-order valence-electron chi connectivity index (χ1n) is 7.18. The summed E-state index contributed by atoms with van der Waals surface area (Å²) < 4.78 is 10.7. The third-order valence-electron chi connectivity index (χ3n) is 3.07. The van der Waals surface area contributed by atoms with E-state index < -0.39 is 4.83 Å². The summed E-state index contributed by atoms with van der Waals surface area (Å²) >= 11 is 6.80. The predicted molar refractivity (Wildman–Crippen MR) is 98.5 cm³/mol. The fraction of sp³-hybridized carbons (Fsp3) is 0.278. The second-order valence-corrected chi connectivity index (χ2v) is 8.56. The highest BCUT2D eigenvalue weighted by molar-refractivity contribution is 9.12. The van der Waals surface area contributed by atoms with E-state index in [1.54, 1.807) is 0 Å². The second-order valence-electron chi connectivity index (χ2n) is 5.60. The fourth-order valence-corrected chi connectivity index (χ4v) is 2.15. The number of hydrogen-bond donors (Lipinski definition) is 0. The summed E-state index contributed by atoms with van der Waals surface area (Å²) in [6.07, 6.45) is 0. The molecule has 0 saturated heterocycles. The quantitative estimate of drug-likeness (QED) is 0.441. The van der Waals surface area contributed by atoms with Gasteiger partial charge in [0.2, 0.25) is 0 Å². The van der Waals surface area contributed by atoms with Gasteiger partial charge in [0.15, 0.2) is 0 Å². The standard InChI is InChI=1S/C18H18Br2O3/c1-18(2,20)16(19)17(21)22-12-13-7-6-10-15(11-13)23-14-8-4-3-5-9-14/h3-11,16H,12H2,1-2H3. The summed E-state index contributed by atoms with van der Waals surface area (Å²) in [5.74, 6) is 1.17. The fourth-order valence-electron chi connectivity index (χ4n) is 1.83. The van der Waals surface area contributed by atoms with Crippen molar-refractivity contribution < 1.29 is 14.3 Å². The number of benzene rings is 2. The zero-order valence-corrected chi connectivity index (χ0v) is 16.1. The van der Waals surface area contributed by atoms with Crippen LogP contribution >= 0.6 is 31.9 Å².